The van der Waals surface area contributed by atoms with E-state index in [0.29, 0.717) is 16.4 Å². The van der Waals surface area contributed by atoms with Crippen molar-refractivity contribution < 1.29 is 4.79 Å². The maximum atomic E-state index is 11.4. The molecule has 3 N–H and O–H groups in total. The number of fused-ring (bicyclic) bond motifs is 1. The van der Waals surface area contributed by atoms with Crippen LogP contribution in [-0.2, 0) is 4.79 Å². The lowest BCUT2D eigenvalue weighted by atomic mass is 10.1. The number of hydrogen-bond acceptors (Lipinski definition) is 3. The lowest BCUT2D eigenvalue weighted by Crippen LogP contribution is -2.19. The average molecular weight is 249 g/mol. The summed E-state index contributed by atoms with van der Waals surface area (Å²) < 4.78 is 1.64. The SMILES string of the molecule is NC1C(=O)Nc2cc(-n3cccn3)c(Cl)cc21. The van der Waals surface area contributed by atoms with Gasteiger partial charge in [0.1, 0.15) is 6.04 Å². The standard InChI is InChI=1S/C11H9ClN4O/c12-7-4-6-8(15-11(17)10(6)13)5-9(7)16-3-1-2-14-16/h1-5,10H,13H2,(H,15,17). The number of hydrogen-bond donors (Lipinski definition) is 2. The summed E-state index contributed by atoms with van der Waals surface area (Å²) in [5.74, 6) is -0.214. The van der Waals surface area contributed by atoms with Gasteiger partial charge in [0.25, 0.3) is 0 Å². The first-order valence-electron chi connectivity index (χ1n) is 5.07. The van der Waals surface area contributed by atoms with Crippen molar-refractivity contribution in [2.24, 2.45) is 5.73 Å². The molecule has 0 fully saturated rings. The highest BCUT2D eigenvalue weighted by molar-refractivity contribution is 6.32. The summed E-state index contributed by atoms with van der Waals surface area (Å²) >= 11 is 6.16. The van der Waals surface area contributed by atoms with Crippen LogP contribution >= 0.6 is 11.6 Å². The fraction of sp³-hybridized carbons (Fsp3) is 0.0909. The molecule has 0 saturated carbocycles. The number of carbonyl (C=O) groups excluding carboxylic acids is 1. The Balaban J connectivity index is 2.16. The molecule has 86 valence electrons. The van der Waals surface area contributed by atoms with Gasteiger partial charge in [-0.2, -0.15) is 5.10 Å². The quantitative estimate of drug-likeness (QED) is 0.803. The van der Waals surface area contributed by atoms with Gasteiger partial charge in [-0.3, -0.25) is 4.79 Å². The Kier molecular flexibility index (Phi) is 2.17. The van der Waals surface area contributed by atoms with Gasteiger partial charge in [-0.1, -0.05) is 11.6 Å². The summed E-state index contributed by atoms with van der Waals surface area (Å²) in [6.07, 6.45) is 3.44. The van der Waals surface area contributed by atoms with Crippen molar-refractivity contribution in [3.63, 3.8) is 0 Å². The third kappa shape index (κ3) is 1.51. The number of amides is 1. The Morgan fingerprint density at radius 1 is 1.47 bits per heavy atom. The summed E-state index contributed by atoms with van der Waals surface area (Å²) in [5, 5.41) is 7.33. The first-order valence-corrected chi connectivity index (χ1v) is 5.44. The highest BCUT2D eigenvalue weighted by Gasteiger charge is 2.28. The van der Waals surface area contributed by atoms with Crippen LogP contribution in [0.5, 0.6) is 0 Å². The van der Waals surface area contributed by atoms with E-state index in [0.717, 1.165) is 5.56 Å². The third-order valence-electron chi connectivity index (χ3n) is 2.75. The molecule has 1 aliphatic heterocycles. The number of aromatic nitrogens is 2. The smallest absolute Gasteiger partial charge is 0.245 e. The highest BCUT2D eigenvalue weighted by Crippen LogP contribution is 2.35. The van der Waals surface area contributed by atoms with Crippen molar-refractivity contribution in [2.75, 3.05) is 5.32 Å². The van der Waals surface area contributed by atoms with Gasteiger partial charge in [0, 0.05) is 23.6 Å². The molecule has 2 aromatic rings. The lowest BCUT2D eigenvalue weighted by molar-refractivity contribution is -0.116. The number of benzene rings is 1. The molecule has 3 rings (SSSR count). The Morgan fingerprint density at radius 2 is 2.29 bits per heavy atom. The van der Waals surface area contributed by atoms with Gasteiger partial charge in [-0.05, 0) is 18.2 Å². The minimum Gasteiger partial charge on any atom is -0.324 e. The van der Waals surface area contributed by atoms with Crippen molar-refractivity contribution in [3.05, 3.63) is 41.2 Å². The van der Waals surface area contributed by atoms with Crippen LogP contribution < -0.4 is 11.1 Å². The lowest BCUT2D eigenvalue weighted by Gasteiger charge is -2.08. The molecule has 1 aromatic heterocycles. The number of halogens is 1. The predicted molar refractivity (Wildman–Crippen MR) is 64.1 cm³/mol. The zero-order valence-corrected chi connectivity index (χ0v) is 9.48. The fourth-order valence-corrected chi connectivity index (χ4v) is 2.14. The van der Waals surface area contributed by atoms with Crippen molar-refractivity contribution in [2.45, 2.75) is 6.04 Å². The molecule has 0 bridgehead atoms. The van der Waals surface area contributed by atoms with E-state index in [4.69, 9.17) is 17.3 Å². The van der Waals surface area contributed by atoms with Crippen LogP contribution in [-0.4, -0.2) is 15.7 Å². The largest absolute Gasteiger partial charge is 0.324 e. The fourth-order valence-electron chi connectivity index (χ4n) is 1.88. The summed E-state index contributed by atoms with van der Waals surface area (Å²) in [5.41, 5.74) is 7.86. The molecular weight excluding hydrogens is 240 g/mol. The molecule has 0 radical (unpaired) electrons. The zero-order valence-electron chi connectivity index (χ0n) is 8.72. The number of rotatable bonds is 1. The van der Waals surface area contributed by atoms with E-state index in [2.05, 4.69) is 10.4 Å². The normalized spacial score (nSPS) is 18.0. The Labute approximate surface area is 102 Å². The molecule has 1 unspecified atom stereocenters. The van der Waals surface area contributed by atoms with Crippen molar-refractivity contribution >= 4 is 23.2 Å². The Bertz CT molecular complexity index is 594. The van der Waals surface area contributed by atoms with Gasteiger partial charge in [0.15, 0.2) is 0 Å². The summed E-state index contributed by atoms with van der Waals surface area (Å²) in [7, 11) is 0. The number of nitrogens with zero attached hydrogens (tertiary/aromatic N) is 2. The molecule has 17 heavy (non-hydrogen) atoms. The van der Waals surface area contributed by atoms with Crippen LogP contribution in [0.15, 0.2) is 30.6 Å². The molecule has 2 heterocycles. The van der Waals surface area contributed by atoms with E-state index in [-0.39, 0.29) is 5.91 Å². The molecule has 5 nitrogen and oxygen atoms in total. The molecule has 0 aliphatic carbocycles. The third-order valence-corrected chi connectivity index (χ3v) is 3.05. The number of nitrogens with one attached hydrogen (secondary N) is 1. The molecule has 1 aliphatic rings. The van der Waals surface area contributed by atoms with Crippen molar-refractivity contribution in [1.82, 2.24) is 9.78 Å². The van der Waals surface area contributed by atoms with E-state index in [1.54, 1.807) is 35.3 Å². The average Bonchev–Trinajstić information content (AvgIpc) is 2.90. The van der Waals surface area contributed by atoms with Crippen molar-refractivity contribution in [3.8, 4) is 5.69 Å². The van der Waals surface area contributed by atoms with Crippen LogP contribution in [0.3, 0.4) is 0 Å². The monoisotopic (exact) mass is 248 g/mol. The maximum Gasteiger partial charge on any atom is 0.245 e. The van der Waals surface area contributed by atoms with Crippen LogP contribution in [0.2, 0.25) is 5.02 Å². The van der Waals surface area contributed by atoms with E-state index in [1.165, 1.54) is 0 Å². The topological polar surface area (TPSA) is 72.9 Å². The summed E-state index contributed by atoms with van der Waals surface area (Å²) in [6.45, 7) is 0. The molecule has 0 spiro atoms. The second kappa shape index (κ2) is 3.58. The second-order valence-electron chi connectivity index (χ2n) is 3.81. The van der Waals surface area contributed by atoms with E-state index in [9.17, 15) is 4.79 Å². The number of carbonyl (C=O) groups is 1. The van der Waals surface area contributed by atoms with Gasteiger partial charge in [0.2, 0.25) is 5.91 Å². The van der Waals surface area contributed by atoms with Gasteiger partial charge < -0.3 is 11.1 Å². The van der Waals surface area contributed by atoms with Crippen LogP contribution in [0.25, 0.3) is 5.69 Å². The zero-order chi connectivity index (χ0) is 12.0. The van der Waals surface area contributed by atoms with Crippen LogP contribution in [0.1, 0.15) is 11.6 Å². The first-order chi connectivity index (χ1) is 8.16. The predicted octanol–water partition coefficient (Wildman–Crippen LogP) is 1.48. The van der Waals surface area contributed by atoms with Crippen molar-refractivity contribution in [1.29, 1.82) is 0 Å². The van der Waals surface area contributed by atoms with Gasteiger partial charge in [0.05, 0.1) is 10.7 Å². The molecule has 1 amide bonds. The first kappa shape index (κ1) is 10.3. The van der Waals surface area contributed by atoms with E-state index < -0.39 is 6.04 Å². The summed E-state index contributed by atoms with van der Waals surface area (Å²) in [4.78, 5) is 11.4. The van der Waals surface area contributed by atoms with Gasteiger partial charge >= 0.3 is 0 Å². The number of anilines is 1. The van der Waals surface area contributed by atoms with Gasteiger partial charge in [-0.15, -0.1) is 0 Å². The Hall–Kier alpha value is -1.85. The minimum atomic E-state index is -0.644. The van der Waals surface area contributed by atoms with Crippen LogP contribution in [0.4, 0.5) is 5.69 Å². The molecular formula is C11H9ClN4O. The molecule has 1 aromatic carbocycles. The molecule has 0 saturated heterocycles. The van der Waals surface area contributed by atoms with E-state index >= 15 is 0 Å². The Morgan fingerprint density at radius 3 is 3.00 bits per heavy atom. The van der Waals surface area contributed by atoms with Gasteiger partial charge in [-0.25, -0.2) is 4.68 Å². The number of nitrogens with two attached hydrogens (primary N) is 1. The summed E-state index contributed by atoms with van der Waals surface area (Å²) in [6, 6.07) is 4.63. The van der Waals surface area contributed by atoms with E-state index in [1.807, 2.05) is 0 Å². The highest BCUT2D eigenvalue weighted by atomic mass is 35.5. The maximum absolute atomic E-state index is 11.4. The minimum absolute atomic E-state index is 0.214. The molecule has 6 heteroatoms. The molecule has 1 atom stereocenters. The van der Waals surface area contributed by atoms with Crippen LogP contribution in [0, 0.1) is 0 Å². The second-order valence-corrected chi connectivity index (χ2v) is 4.22.